The Balaban J connectivity index is 1.12. The molecule has 0 fully saturated rings. The summed E-state index contributed by atoms with van der Waals surface area (Å²) in [6, 6.07) is 68.2. The molecule has 0 saturated carbocycles. The lowest BCUT2D eigenvalue weighted by molar-refractivity contribution is 0.436. The van der Waals surface area contributed by atoms with Crippen molar-refractivity contribution in [2.75, 3.05) is 4.90 Å². The highest BCUT2D eigenvalue weighted by Gasteiger charge is 2.51. The number of thiophene rings is 1. The molecule has 1 aliphatic carbocycles. The Labute approximate surface area is 306 Å². The van der Waals surface area contributed by atoms with Gasteiger partial charge in [0.25, 0.3) is 0 Å². The molecule has 8 aromatic carbocycles. The predicted molar refractivity (Wildman–Crippen MR) is 217 cm³/mol. The predicted octanol–water partition coefficient (Wildman–Crippen LogP) is 13.7. The smallest absolute Gasteiger partial charge is 0.132 e. The average Bonchev–Trinajstić information content (AvgIpc) is 3.70. The van der Waals surface area contributed by atoms with Crippen LogP contribution in [-0.4, -0.2) is 0 Å². The van der Waals surface area contributed by atoms with E-state index in [-0.39, 0.29) is 0 Å². The van der Waals surface area contributed by atoms with E-state index < -0.39 is 5.41 Å². The first-order chi connectivity index (χ1) is 25.8. The molecular weight excluding hydrogens is 651 g/mol. The zero-order valence-electron chi connectivity index (χ0n) is 28.2. The molecule has 0 unspecified atom stereocenters. The first kappa shape index (κ1) is 29.3. The molecule has 3 heteroatoms. The molecule has 1 aromatic heterocycles. The molecule has 0 radical (unpaired) electrons. The minimum Gasteiger partial charge on any atom is -0.457 e. The Kier molecular flexibility index (Phi) is 6.37. The first-order valence-electron chi connectivity index (χ1n) is 17.8. The van der Waals surface area contributed by atoms with Crippen molar-refractivity contribution in [3.63, 3.8) is 0 Å². The minimum absolute atomic E-state index is 0.471. The van der Waals surface area contributed by atoms with Gasteiger partial charge in [0.1, 0.15) is 11.5 Å². The minimum atomic E-state index is -0.471. The maximum atomic E-state index is 6.57. The van der Waals surface area contributed by atoms with E-state index >= 15 is 0 Å². The molecule has 52 heavy (non-hydrogen) atoms. The lowest BCUT2D eigenvalue weighted by Crippen LogP contribution is -2.32. The fraction of sp³-hybridized carbons (Fsp3) is 0.0204. The van der Waals surface area contributed by atoms with E-state index in [9.17, 15) is 0 Å². The van der Waals surface area contributed by atoms with E-state index in [1.807, 2.05) is 11.3 Å². The number of hydrogen-bond acceptors (Lipinski definition) is 3. The normalized spacial score (nSPS) is 13.3. The molecule has 2 heterocycles. The van der Waals surface area contributed by atoms with Crippen LogP contribution < -0.4 is 9.64 Å². The Bertz CT molecular complexity index is 2790. The largest absolute Gasteiger partial charge is 0.457 e. The van der Waals surface area contributed by atoms with Gasteiger partial charge in [0, 0.05) is 48.4 Å². The Hall–Kier alpha value is -6.42. The first-order valence-corrected chi connectivity index (χ1v) is 18.6. The third kappa shape index (κ3) is 4.17. The summed E-state index contributed by atoms with van der Waals surface area (Å²) in [5, 5.41) is 2.58. The van der Waals surface area contributed by atoms with Crippen LogP contribution >= 0.6 is 11.3 Å². The molecule has 244 valence electrons. The fourth-order valence-electron chi connectivity index (χ4n) is 8.73. The summed E-state index contributed by atoms with van der Waals surface area (Å²) in [7, 11) is 0. The molecular formula is C49H31NOS. The molecule has 1 aliphatic heterocycles. The van der Waals surface area contributed by atoms with Crippen LogP contribution in [0.25, 0.3) is 42.4 Å². The number of ether oxygens (including phenoxy) is 1. The molecule has 9 aromatic rings. The van der Waals surface area contributed by atoms with Gasteiger partial charge >= 0.3 is 0 Å². The maximum absolute atomic E-state index is 6.57. The third-order valence-corrected chi connectivity index (χ3v) is 12.0. The summed E-state index contributed by atoms with van der Waals surface area (Å²) in [6.07, 6.45) is 0. The van der Waals surface area contributed by atoms with E-state index in [4.69, 9.17) is 4.74 Å². The lowest BCUT2D eigenvalue weighted by atomic mass is 9.66. The molecule has 0 bridgehead atoms. The van der Waals surface area contributed by atoms with Crippen LogP contribution in [0.5, 0.6) is 11.5 Å². The van der Waals surface area contributed by atoms with Gasteiger partial charge in [-0.15, -0.1) is 11.3 Å². The van der Waals surface area contributed by atoms with Gasteiger partial charge in [-0.2, -0.15) is 0 Å². The van der Waals surface area contributed by atoms with Crippen LogP contribution in [0.1, 0.15) is 22.3 Å². The van der Waals surface area contributed by atoms with E-state index in [1.165, 1.54) is 64.7 Å². The number of rotatable bonds is 4. The molecule has 11 rings (SSSR count). The zero-order valence-corrected chi connectivity index (χ0v) is 29.0. The Morgan fingerprint density at radius 3 is 1.75 bits per heavy atom. The van der Waals surface area contributed by atoms with Gasteiger partial charge in [-0.25, -0.2) is 0 Å². The number of hydrogen-bond donors (Lipinski definition) is 0. The van der Waals surface area contributed by atoms with Gasteiger partial charge < -0.3 is 9.64 Å². The van der Waals surface area contributed by atoms with E-state index in [0.717, 1.165) is 28.6 Å². The van der Waals surface area contributed by atoms with Gasteiger partial charge in [0.05, 0.1) is 5.41 Å². The summed E-state index contributed by atoms with van der Waals surface area (Å²) in [6.45, 7) is 0. The average molecular weight is 682 g/mol. The van der Waals surface area contributed by atoms with Crippen LogP contribution in [-0.2, 0) is 5.41 Å². The van der Waals surface area contributed by atoms with Crippen molar-refractivity contribution in [1.82, 2.24) is 0 Å². The van der Waals surface area contributed by atoms with Gasteiger partial charge in [-0.3, -0.25) is 0 Å². The van der Waals surface area contributed by atoms with Crippen molar-refractivity contribution < 1.29 is 4.74 Å². The molecule has 0 saturated heterocycles. The summed E-state index contributed by atoms with van der Waals surface area (Å²) < 4.78 is 9.13. The van der Waals surface area contributed by atoms with Crippen LogP contribution in [0.4, 0.5) is 17.1 Å². The number of nitrogens with zero attached hydrogens (tertiary/aromatic N) is 1. The second-order valence-corrected chi connectivity index (χ2v) is 14.7. The highest BCUT2D eigenvalue weighted by molar-refractivity contribution is 7.25. The van der Waals surface area contributed by atoms with Gasteiger partial charge in [-0.1, -0.05) is 127 Å². The number of para-hydroxylation sites is 3. The number of fused-ring (bicyclic) bond motifs is 12. The third-order valence-electron chi connectivity index (χ3n) is 10.9. The highest BCUT2D eigenvalue weighted by Crippen LogP contribution is 2.63. The second-order valence-electron chi connectivity index (χ2n) is 13.7. The topological polar surface area (TPSA) is 12.5 Å². The standard InChI is InChI=1S/C49H31NOS/c1-3-14-32(15-4-1)33-16-13-19-35(28-33)50(34-17-5-2-6-18-34)36-26-27-38-40-30-39-37-20-7-8-21-41(37)49(44(39)31-48(40)52-47(38)29-36)42-22-9-11-24-45(42)51-46-25-12-10-23-43(46)49/h1-31H. The summed E-state index contributed by atoms with van der Waals surface area (Å²) in [5.41, 5.74) is 12.9. The molecule has 0 N–H and O–H groups in total. The van der Waals surface area contributed by atoms with Crippen LogP contribution in [0.15, 0.2) is 188 Å². The quantitative estimate of drug-likeness (QED) is 0.183. The second kappa shape index (κ2) is 11.3. The van der Waals surface area contributed by atoms with Crippen molar-refractivity contribution in [2.45, 2.75) is 5.41 Å². The zero-order chi connectivity index (χ0) is 34.2. The molecule has 0 atom stereocenters. The van der Waals surface area contributed by atoms with E-state index in [0.29, 0.717) is 0 Å². The van der Waals surface area contributed by atoms with E-state index in [2.05, 4.69) is 193 Å². The number of benzene rings is 8. The Morgan fingerprint density at radius 2 is 0.981 bits per heavy atom. The van der Waals surface area contributed by atoms with Gasteiger partial charge in [0.15, 0.2) is 0 Å². The van der Waals surface area contributed by atoms with Crippen molar-refractivity contribution in [2.24, 2.45) is 0 Å². The van der Waals surface area contributed by atoms with E-state index in [1.54, 1.807) is 0 Å². The summed E-state index contributed by atoms with van der Waals surface area (Å²) in [5.74, 6) is 1.84. The van der Waals surface area contributed by atoms with Crippen molar-refractivity contribution >= 4 is 48.6 Å². The summed E-state index contributed by atoms with van der Waals surface area (Å²) in [4.78, 5) is 2.37. The Morgan fingerprint density at radius 1 is 0.385 bits per heavy atom. The van der Waals surface area contributed by atoms with Crippen LogP contribution in [0, 0.1) is 0 Å². The maximum Gasteiger partial charge on any atom is 0.132 e. The van der Waals surface area contributed by atoms with Crippen molar-refractivity contribution in [1.29, 1.82) is 0 Å². The molecule has 2 nitrogen and oxygen atoms in total. The molecule has 0 amide bonds. The SMILES string of the molecule is c1ccc(-c2cccc(N(c3ccccc3)c3ccc4c(c3)sc3cc5c(cc34)-c3ccccc3C53c4ccccc4Oc4ccccc43)c2)cc1. The highest BCUT2D eigenvalue weighted by atomic mass is 32.1. The fourth-order valence-corrected chi connectivity index (χ4v) is 9.89. The monoisotopic (exact) mass is 681 g/mol. The van der Waals surface area contributed by atoms with Crippen molar-refractivity contribution in [3.05, 3.63) is 210 Å². The number of anilines is 3. The van der Waals surface area contributed by atoms with Crippen LogP contribution in [0.3, 0.4) is 0 Å². The van der Waals surface area contributed by atoms with Crippen LogP contribution in [0.2, 0.25) is 0 Å². The molecule has 2 aliphatic rings. The molecule has 1 spiro atoms. The summed E-state index contributed by atoms with van der Waals surface area (Å²) >= 11 is 1.88. The van der Waals surface area contributed by atoms with Gasteiger partial charge in [-0.05, 0) is 94.0 Å². The van der Waals surface area contributed by atoms with Gasteiger partial charge in [0.2, 0.25) is 0 Å². The lowest BCUT2D eigenvalue weighted by Gasteiger charge is -2.39. The van der Waals surface area contributed by atoms with Crippen molar-refractivity contribution in [3.8, 4) is 33.8 Å².